The average Bonchev–Trinajstić information content (AvgIpc) is 2.76. The zero-order valence-electron chi connectivity index (χ0n) is 10.9. The normalized spacial score (nSPS) is 12.6. The minimum atomic E-state index is 0.281. The van der Waals surface area contributed by atoms with Gasteiger partial charge in [0, 0.05) is 24.6 Å². The van der Waals surface area contributed by atoms with Gasteiger partial charge in [-0.2, -0.15) is 0 Å². The maximum atomic E-state index is 5.79. The van der Waals surface area contributed by atoms with Gasteiger partial charge in [-0.1, -0.05) is 5.57 Å². The Labute approximate surface area is 108 Å². The Morgan fingerprint density at radius 3 is 2.78 bits per heavy atom. The van der Waals surface area contributed by atoms with Gasteiger partial charge in [-0.05, 0) is 20.0 Å². The lowest BCUT2D eigenvalue weighted by Gasteiger charge is -2.12. The fourth-order valence-electron chi connectivity index (χ4n) is 1.76. The molecule has 0 aliphatic carbocycles. The number of hydrogen-bond acceptors (Lipinski definition) is 4. The molecule has 2 rings (SSSR count). The van der Waals surface area contributed by atoms with Crippen molar-refractivity contribution < 1.29 is 14.2 Å². The van der Waals surface area contributed by atoms with Crippen LogP contribution in [-0.4, -0.2) is 20.4 Å². The molecule has 1 aliphatic heterocycles. The van der Waals surface area contributed by atoms with E-state index < -0.39 is 0 Å². The van der Waals surface area contributed by atoms with E-state index in [9.17, 15) is 0 Å². The van der Waals surface area contributed by atoms with Crippen LogP contribution >= 0.6 is 0 Å². The van der Waals surface area contributed by atoms with E-state index >= 15 is 0 Å². The van der Waals surface area contributed by atoms with Gasteiger partial charge in [-0.25, -0.2) is 0 Å². The van der Waals surface area contributed by atoms with Gasteiger partial charge in [0.25, 0.3) is 0 Å². The third-order valence-electron chi connectivity index (χ3n) is 2.71. The highest BCUT2D eigenvalue weighted by atomic mass is 16.7. The number of fused-ring (bicyclic) bond motifs is 1. The lowest BCUT2D eigenvalue weighted by Crippen LogP contribution is -2.08. The maximum absolute atomic E-state index is 5.79. The topological polar surface area (TPSA) is 39.7 Å². The highest BCUT2D eigenvalue weighted by molar-refractivity contribution is 5.51. The third-order valence-corrected chi connectivity index (χ3v) is 2.71. The van der Waals surface area contributed by atoms with Crippen molar-refractivity contribution in [2.24, 2.45) is 0 Å². The van der Waals surface area contributed by atoms with Crippen LogP contribution in [0.25, 0.3) is 0 Å². The van der Waals surface area contributed by atoms with Crippen molar-refractivity contribution in [1.82, 2.24) is 5.32 Å². The molecule has 0 spiro atoms. The smallest absolute Gasteiger partial charge is 0.231 e. The van der Waals surface area contributed by atoms with Crippen molar-refractivity contribution in [2.75, 3.05) is 20.4 Å². The van der Waals surface area contributed by atoms with Crippen molar-refractivity contribution >= 4 is 0 Å². The first-order chi connectivity index (χ1) is 8.70. The molecular weight excluding hydrogens is 230 g/mol. The van der Waals surface area contributed by atoms with Gasteiger partial charge >= 0.3 is 0 Å². The zero-order valence-corrected chi connectivity index (χ0v) is 10.9. The van der Waals surface area contributed by atoms with E-state index in [4.69, 9.17) is 14.2 Å². The number of ether oxygens (including phenoxy) is 3. The van der Waals surface area contributed by atoms with E-state index in [0.717, 1.165) is 41.4 Å². The minimum absolute atomic E-state index is 0.281. The molecule has 1 aromatic rings. The van der Waals surface area contributed by atoms with Crippen LogP contribution in [0.4, 0.5) is 0 Å². The standard InChI is InChI=1S/C14H19NO3/c1-10(2)4-5-16-12-7-14-13(17-9-18-14)6-11(12)8-15-3/h6-7,15H,1,4-5,8-9H2,2-3H3. The largest absolute Gasteiger partial charge is 0.493 e. The van der Waals surface area contributed by atoms with Gasteiger partial charge in [-0.3, -0.25) is 0 Å². The fraction of sp³-hybridized carbons (Fsp3) is 0.429. The van der Waals surface area contributed by atoms with Crippen LogP contribution in [0.2, 0.25) is 0 Å². The van der Waals surface area contributed by atoms with E-state index in [1.54, 1.807) is 0 Å². The molecular formula is C14H19NO3. The first kappa shape index (κ1) is 12.8. The first-order valence-electron chi connectivity index (χ1n) is 6.05. The Kier molecular flexibility index (Phi) is 4.10. The summed E-state index contributed by atoms with van der Waals surface area (Å²) in [7, 11) is 1.91. The molecule has 1 aliphatic rings. The summed E-state index contributed by atoms with van der Waals surface area (Å²) < 4.78 is 16.5. The summed E-state index contributed by atoms with van der Waals surface area (Å²) in [6, 6.07) is 3.86. The predicted octanol–water partition coefficient (Wildman–Crippen LogP) is 2.48. The number of benzene rings is 1. The SMILES string of the molecule is C=C(C)CCOc1cc2c(cc1CNC)OCO2. The summed E-state index contributed by atoms with van der Waals surface area (Å²) in [4.78, 5) is 0. The molecule has 0 radical (unpaired) electrons. The molecule has 4 heteroatoms. The molecule has 1 aromatic carbocycles. The van der Waals surface area contributed by atoms with Gasteiger partial charge in [0.15, 0.2) is 11.5 Å². The number of nitrogens with one attached hydrogen (secondary N) is 1. The monoisotopic (exact) mass is 249 g/mol. The summed E-state index contributed by atoms with van der Waals surface area (Å²) in [5.41, 5.74) is 2.19. The van der Waals surface area contributed by atoms with Gasteiger partial charge in [-0.15, -0.1) is 6.58 Å². The molecule has 0 aromatic heterocycles. The van der Waals surface area contributed by atoms with Crippen LogP contribution in [0, 0.1) is 0 Å². The highest BCUT2D eigenvalue weighted by Gasteiger charge is 2.17. The third kappa shape index (κ3) is 2.96. The maximum Gasteiger partial charge on any atom is 0.231 e. The Hall–Kier alpha value is -1.68. The zero-order chi connectivity index (χ0) is 13.0. The average molecular weight is 249 g/mol. The Morgan fingerprint density at radius 2 is 2.11 bits per heavy atom. The summed E-state index contributed by atoms with van der Waals surface area (Å²) in [5.74, 6) is 2.38. The molecule has 0 saturated carbocycles. The summed E-state index contributed by atoms with van der Waals surface area (Å²) in [5, 5.41) is 3.12. The molecule has 1 N–H and O–H groups in total. The molecule has 0 fully saturated rings. The minimum Gasteiger partial charge on any atom is -0.493 e. The molecule has 0 amide bonds. The molecule has 0 saturated heterocycles. The van der Waals surface area contributed by atoms with Crippen LogP contribution in [0.1, 0.15) is 18.9 Å². The van der Waals surface area contributed by atoms with Crippen molar-refractivity contribution in [3.8, 4) is 17.2 Å². The van der Waals surface area contributed by atoms with Gasteiger partial charge in [0.2, 0.25) is 6.79 Å². The molecule has 0 unspecified atom stereocenters. The lowest BCUT2D eigenvalue weighted by atomic mass is 10.1. The Bertz CT molecular complexity index is 443. The molecule has 98 valence electrons. The highest BCUT2D eigenvalue weighted by Crippen LogP contribution is 2.38. The first-order valence-corrected chi connectivity index (χ1v) is 6.05. The molecule has 0 bridgehead atoms. The van der Waals surface area contributed by atoms with Crippen LogP contribution in [0.15, 0.2) is 24.3 Å². The second kappa shape index (κ2) is 5.78. The van der Waals surface area contributed by atoms with Crippen molar-refractivity contribution in [3.63, 3.8) is 0 Å². The summed E-state index contributed by atoms with van der Waals surface area (Å²) in [6.45, 7) is 7.51. The van der Waals surface area contributed by atoms with E-state index in [-0.39, 0.29) is 6.79 Å². The van der Waals surface area contributed by atoms with E-state index in [0.29, 0.717) is 6.61 Å². The van der Waals surface area contributed by atoms with Crippen molar-refractivity contribution in [1.29, 1.82) is 0 Å². The second-order valence-electron chi connectivity index (χ2n) is 4.40. The fourth-order valence-corrected chi connectivity index (χ4v) is 1.76. The summed E-state index contributed by atoms with van der Waals surface area (Å²) in [6.07, 6.45) is 0.855. The number of hydrogen-bond donors (Lipinski definition) is 1. The van der Waals surface area contributed by atoms with Crippen molar-refractivity contribution in [2.45, 2.75) is 19.9 Å². The lowest BCUT2D eigenvalue weighted by molar-refractivity contribution is 0.173. The second-order valence-corrected chi connectivity index (χ2v) is 4.40. The van der Waals surface area contributed by atoms with Crippen molar-refractivity contribution in [3.05, 3.63) is 29.8 Å². The molecule has 4 nitrogen and oxygen atoms in total. The number of rotatable bonds is 6. The van der Waals surface area contributed by atoms with Crippen LogP contribution in [-0.2, 0) is 6.54 Å². The Morgan fingerprint density at radius 1 is 1.39 bits per heavy atom. The van der Waals surface area contributed by atoms with Gasteiger partial charge in [0.05, 0.1) is 6.61 Å². The van der Waals surface area contributed by atoms with E-state index in [1.165, 1.54) is 0 Å². The summed E-state index contributed by atoms with van der Waals surface area (Å²) >= 11 is 0. The molecule has 18 heavy (non-hydrogen) atoms. The van der Waals surface area contributed by atoms with Crippen LogP contribution in [0.3, 0.4) is 0 Å². The van der Waals surface area contributed by atoms with Gasteiger partial charge in [0.1, 0.15) is 5.75 Å². The quantitative estimate of drug-likeness (QED) is 0.786. The van der Waals surface area contributed by atoms with Crippen LogP contribution < -0.4 is 19.5 Å². The predicted molar refractivity (Wildman–Crippen MR) is 70.3 cm³/mol. The van der Waals surface area contributed by atoms with Crippen LogP contribution in [0.5, 0.6) is 17.2 Å². The van der Waals surface area contributed by atoms with E-state index in [1.807, 2.05) is 26.1 Å². The van der Waals surface area contributed by atoms with Gasteiger partial charge < -0.3 is 19.5 Å². The molecule has 0 atom stereocenters. The molecule has 1 heterocycles. The Balaban J connectivity index is 2.13. The van der Waals surface area contributed by atoms with E-state index in [2.05, 4.69) is 11.9 Å².